The molecule has 3 aromatic rings. The summed E-state index contributed by atoms with van der Waals surface area (Å²) in [6.45, 7) is 1.91. The van der Waals surface area contributed by atoms with Crippen LogP contribution in [0.5, 0.6) is 0 Å². The Balaban J connectivity index is 1.85. The molecule has 0 aliphatic rings. The Morgan fingerprint density at radius 1 is 1.33 bits per heavy atom. The summed E-state index contributed by atoms with van der Waals surface area (Å²) < 4.78 is 1.34. The maximum absolute atomic E-state index is 12.0. The molecular weight excluding hydrogens is 308 g/mol. The minimum atomic E-state index is -0.173. The van der Waals surface area contributed by atoms with Crippen molar-refractivity contribution in [1.29, 1.82) is 0 Å². The molecule has 21 heavy (non-hydrogen) atoms. The summed E-state index contributed by atoms with van der Waals surface area (Å²) in [5, 5.41) is 4.21. The van der Waals surface area contributed by atoms with Gasteiger partial charge in [0, 0.05) is 23.7 Å². The van der Waals surface area contributed by atoms with Gasteiger partial charge >= 0.3 is 0 Å². The number of aromatic amines is 1. The molecule has 0 amide bonds. The lowest BCUT2D eigenvalue weighted by Gasteiger charge is -2.00. The molecule has 0 bridgehead atoms. The summed E-state index contributed by atoms with van der Waals surface area (Å²) in [6, 6.07) is 3.34. The fourth-order valence-corrected chi connectivity index (χ4v) is 2.83. The van der Waals surface area contributed by atoms with Gasteiger partial charge < -0.3 is 0 Å². The van der Waals surface area contributed by atoms with Crippen LogP contribution in [0.1, 0.15) is 11.4 Å². The van der Waals surface area contributed by atoms with Gasteiger partial charge in [-0.1, -0.05) is 23.5 Å². The van der Waals surface area contributed by atoms with Gasteiger partial charge in [-0.25, -0.2) is 15.0 Å². The molecule has 3 aromatic heterocycles. The third-order valence-electron chi connectivity index (χ3n) is 2.68. The van der Waals surface area contributed by atoms with Crippen LogP contribution in [0.4, 0.5) is 0 Å². The summed E-state index contributed by atoms with van der Waals surface area (Å²) in [5.74, 6) is 0.907. The van der Waals surface area contributed by atoms with Crippen LogP contribution >= 0.6 is 23.5 Å². The topological polar surface area (TPSA) is 88.8 Å². The van der Waals surface area contributed by atoms with Crippen molar-refractivity contribution in [3.05, 3.63) is 40.1 Å². The fourth-order valence-electron chi connectivity index (χ4n) is 1.71. The van der Waals surface area contributed by atoms with E-state index in [9.17, 15) is 4.79 Å². The van der Waals surface area contributed by atoms with Crippen LogP contribution in [0.25, 0.3) is 5.78 Å². The molecule has 3 rings (SSSR count). The third-order valence-corrected chi connectivity index (χ3v) is 4.14. The van der Waals surface area contributed by atoms with Crippen molar-refractivity contribution < 1.29 is 0 Å². The Labute approximate surface area is 128 Å². The Morgan fingerprint density at radius 3 is 2.95 bits per heavy atom. The van der Waals surface area contributed by atoms with Crippen LogP contribution in [0, 0.1) is 6.92 Å². The zero-order valence-electron chi connectivity index (χ0n) is 11.4. The second-order valence-corrected chi connectivity index (χ2v) is 5.96. The van der Waals surface area contributed by atoms with Gasteiger partial charge in [-0.15, -0.1) is 0 Å². The molecule has 0 aliphatic heterocycles. The van der Waals surface area contributed by atoms with Gasteiger partial charge in [-0.05, 0) is 19.2 Å². The maximum Gasteiger partial charge on any atom is 0.274 e. The normalized spacial score (nSPS) is 11.1. The molecule has 0 saturated heterocycles. The highest BCUT2D eigenvalue weighted by molar-refractivity contribution is 7.98. The standard InChI is InChI=1S/C12H12N6OS2/c1-7-3-4-13-11(14-7)21-6-8-5-9(19)18-10(15-8)16-12(17-18)20-2/h3-5H,6H2,1-2H3,(H,15,16,17). The first-order chi connectivity index (χ1) is 10.2. The summed E-state index contributed by atoms with van der Waals surface area (Å²) in [7, 11) is 0. The molecule has 0 fully saturated rings. The number of thioether (sulfide) groups is 2. The molecule has 0 radical (unpaired) electrons. The first-order valence-corrected chi connectivity index (χ1v) is 8.32. The second-order valence-electron chi connectivity index (χ2n) is 4.22. The largest absolute Gasteiger partial charge is 0.274 e. The SMILES string of the molecule is CSc1nc2nc(CSc3nccc(C)n3)cc(=O)n2[nH]1. The third kappa shape index (κ3) is 3.08. The van der Waals surface area contributed by atoms with Crippen molar-refractivity contribution in [1.82, 2.24) is 29.5 Å². The number of nitrogens with zero attached hydrogens (tertiary/aromatic N) is 5. The Kier molecular flexibility index (Phi) is 3.93. The minimum Gasteiger partial charge on any atom is -0.267 e. The monoisotopic (exact) mass is 320 g/mol. The number of H-pyrrole nitrogens is 1. The van der Waals surface area contributed by atoms with Crippen molar-refractivity contribution in [3.63, 3.8) is 0 Å². The van der Waals surface area contributed by atoms with Crippen LogP contribution in [-0.2, 0) is 5.75 Å². The van der Waals surface area contributed by atoms with Gasteiger partial charge in [-0.2, -0.15) is 9.50 Å². The Bertz CT molecular complexity index is 843. The molecular formula is C12H12N6OS2. The number of nitrogens with one attached hydrogen (secondary N) is 1. The van der Waals surface area contributed by atoms with Crippen LogP contribution in [-0.4, -0.2) is 35.8 Å². The summed E-state index contributed by atoms with van der Waals surface area (Å²) in [6.07, 6.45) is 3.60. The number of hydrogen-bond acceptors (Lipinski definition) is 7. The lowest BCUT2D eigenvalue weighted by molar-refractivity contribution is 0.845. The van der Waals surface area contributed by atoms with E-state index in [2.05, 4.69) is 25.0 Å². The zero-order chi connectivity index (χ0) is 14.8. The lowest BCUT2D eigenvalue weighted by atomic mass is 10.4. The van der Waals surface area contributed by atoms with E-state index in [0.717, 1.165) is 5.69 Å². The van der Waals surface area contributed by atoms with Crippen LogP contribution in [0.2, 0.25) is 0 Å². The molecule has 9 heteroatoms. The highest BCUT2D eigenvalue weighted by Gasteiger charge is 2.08. The highest BCUT2D eigenvalue weighted by Crippen LogP contribution is 2.17. The maximum atomic E-state index is 12.0. The second kappa shape index (κ2) is 5.86. The molecule has 0 saturated carbocycles. The van der Waals surface area contributed by atoms with Crippen molar-refractivity contribution in [3.8, 4) is 0 Å². The molecule has 0 aliphatic carbocycles. The summed E-state index contributed by atoms with van der Waals surface area (Å²) in [4.78, 5) is 29.1. The van der Waals surface area contributed by atoms with E-state index in [-0.39, 0.29) is 5.56 Å². The van der Waals surface area contributed by atoms with E-state index >= 15 is 0 Å². The number of aryl methyl sites for hydroxylation is 1. The van der Waals surface area contributed by atoms with Gasteiger partial charge in [-0.3, -0.25) is 9.89 Å². The fraction of sp³-hybridized carbons (Fsp3) is 0.250. The molecule has 0 spiro atoms. The molecule has 108 valence electrons. The predicted molar refractivity (Wildman–Crippen MR) is 81.7 cm³/mol. The van der Waals surface area contributed by atoms with E-state index in [1.165, 1.54) is 34.1 Å². The van der Waals surface area contributed by atoms with E-state index in [1.807, 2.05) is 19.2 Å². The number of fused-ring (bicyclic) bond motifs is 1. The van der Waals surface area contributed by atoms with Crippen LogP contribution in [0.3, 0.4) is 0 Å². The zero-order valence-corrected chi connectivity index (χ0v) is 13.0. The van der Waals surface area contributed by atoms with Gasteiger partial charge in [0.15, 0.2) is 10.3 Å². The summed E-state index contributed by atoms with van der Waals surface area (Å²) >= 11 is 2.87. The molecule has 3 heterocycles. The van der Waals surface area contributed by atoms with E-state index in [0.29, 0.717) is 27.5 Å². The van der Waals surface area contributed by atoms with E-state index in [1.54, 1.807) is 6.20 Å². The average molecular weight is 320 g/mol. The van der Waals surface area contributed by atoms with Crippen molar-refractivity contribution >= 4 is 29.3 Å². The number of rotatable bonds is 4. The van der Waals surface area contributed by atoms with Crippen molar-refractivity contribution in [2.24, 2.45) is 0 Å². The molecule has 0 atom stereocenters. The highest BCUT2D eigenvalue weighted by atomic mass is 32.2. The summed E-state index contributed by atoms with van der Waals surface area (Å²) in [5.41, 5.74) is 1.40. The van der Waals surface area contributed by atoms with E-state index < -0.39 is 0 Å². The molecule has 0 unspecified atom stereocenters. The van der Waals surface area contributed by atoms with Gasteiger partial charge in [0.1, 0.15) is 0 Å². The van der Waals surface area contributed by atoms with Crippen molar-refractivity contribution in [2.75, 3.05) is 6.26 Å². The number of aromatic nitrogens is 6. The van der Waals surface area contributed by atoms with Gasteiger partial charge in [0.25, 0.3) is 11.3 Å². The molecule has 1 N–H and O–H groups in total. The smallest absolute Gasteiger partial charge is 0.267 e. The first kappa shape index (κ1) is 14.1. The average Bonchev–Trinajstić information content (AvgIpc) is 2.89. The van der Waals surface area contributed by atoms with Crippen LogP contribution in [0.15, 0.2) is 33.4 Å². The molecule has 7 nitrogen and oxygen atoms in total. The molecule has 0 aromatic carbocycles. The van der Waals surface area contributed by atoms with Gasteiger partial charge in [0.2, 0.25) is 0 Å². The lowest BCUT2D eigenvalue weighted by Crippen LogP contribution is -2.15. The van der Waals surface area contributed by atoms with Crippen LogP contribution < -0.4 is 5.56 Å². The number of hydrogen-bond donors (Lipinski definition) is 1. The van der Waals surface area contributed by atoms with Crippen molar-refractivity contribution in [2.45, 2.75) is 23.0 Å². The minimum absolute atomic E-state index is 0.173. The predicted octanol–water partition coefficient (Wildman–Crippen LogP) is 1.53. The van der Waals surface area contributed by atoms with E-state index in [4.69, 9.17) is 0 Å². The first-order valence-electron chi connectivity index (χ1n) is 6.11. The Hall–Kier alpha value is -1.87. The quantitative estimate of drug-likeness (QED) is 0.576. The van der Waals surface area contributed by atoms with Gasteiger partial charge in [0.05, 0.1) is 5.69 Å². The Morgan fingerprint density at radius 2 is 2.19 bits per heavy atom.